The van der Waals surface area contributed by atoms with Gasteiger partial charge in [0.2, 0.25) is 0 Å². The van der Waals surface area contributed by atoms with Crippen LogP contribution in [0.25, 0.3) is 0 Å². The summed E-state index contributed by atoms with van der Waals surface area (Å²) in [5.41, 5.74) is 8.86. The smallest absolute Gasteiger partial charge is 0.0622 e. The second-order valence-electron chi connectivity index (χ2n) is 5.36. The van der Waals surface area contributed by atoms with Crippen LogP contribution in [0.5, 0.6) is 0 Å². The highest BCUT2D eigenvalue weighted by Gasteiger charge is 2.27. The summed E-state index contributed by atoms with van der Waals surface area (Å²) < 4.78 is 5.45. The van der Waals surface area contributed by atoms with Gasteiger partial charge in [-0.3, -0.25) is 4.90 Å². The molecule has 0 amide bonds. The second kappa shape index (κ2) is 5.83. The van der Waals surface area contributed by atoms with Gasteiger partial charge in [-0.05, 0) is 32.9 Å². The predicted molar refractivity (Wildman–Crippen MR) is 74.6 cm³/mol. The maximum atomic E-state index is 6.37. The molecule has 3 atom stereocenters. The molecule has 0 radical (unpaired) electrons. The summed E-state index contributed by atoms with van der Waals surface area (Å²) in [5, 5.41) is 0. The van der Waals surface area contributed by atoms with Gasteiger partial charge in [0, 0.05) is 24.7 Å². The van der Waals surface area contributed by atoms with E-state index < -0.39 is 0 Å². The van der Waals surface area contributed by atoms with E-state index in [0.717, 1.165) is 19.6 Å². The van der Waals surface area contributed by atoms with Crippen molar-refractivity contribution in [1.82, 2.24) is 4.90 Å². The molecule has 1 aromatic rings. The maximum absolute atomic E-state index is 6.37. The number of nitrogens with zero attached hydrogens (tertiary/aromatic N) is 1. The Kier molecular flexibility index (Phi) is 4.38. The van der Waals surface area contributed by atoms with Crippen LogP contribution >= 0.6 is 0 Å². The SMILES string of the molecule is Cc1ccc(C(N)C(C)N(C)C2CCOC2)cc1. The van der Waals surface area contributed by atoms with Gasteiger partial charge in [0.25, 0.3) is 0 Å². The Balaban J connectivity index is 2.02. The average Bonchev–Trinajstić information content (AvgIpc) is 2.91. The van der Waals surface area contributed by atoms with Crippen LogP contribution in [0.4, 0.5) is 0 Å². The summed E-state index contributed by atoms with van der Waals surface area (Å²) >= 11 is 0. The van der Waals surface area contributed by atoms with Crippen molar-refractivity contribution in [3.8, 4) is 0 Å². The number of ether oxygens (including phenoxy) is 1. The third-order valence-corrected chi connectivity index (χ3v) is 4.11. The van der Waals surface area contributed by atoms with E-state index in [0.29, 0.717) is 12.1 Å². The minimum atomic E-state index is 0.0520. The lowest BCUT2D eigenvalue weighted by atomic mass is 9.98. The van der Waals surface area contributed by atoms with Gasteiger partial charge >= 0.3 is 0 Å². The van der Waals surface area contributed by atoms with Crippen LogP contribution in [0.15, 0.2) is 24.3 Å². The summed E-state index contributed by atoms with van der Waals surface area (Å²) in [7, 11) is 2.15. The molecule has 1 aliphatic rings. The third kappa shape index (κ3) is 2.91. The van der Waals surface area contributed by atoms with Gasteiger partial charge in [0.15, 0.2) is 0 Å². The first-order valence-electron chi connectivity index (χ1n) is 6.71. The minimum absolute atomic E-state index is 0.0520. The van der Waals surface area contributed by atoms with Crippen molar-refractivity contribution in [3.63, 3.8) is 0 Å². The van der Waals surface area contributed by atoms with Crippen LogP contribution in [-0.4, -0.2) is 37.2 Å². The predicted octanol–water partition coefficient (Wildman–Crippen LogP) is 2.10. The van der Waals surface area contributed by atoms with Gasteiger partial charge in [-0.25, -0.2) is 0 Å². The van der Waals surface area contributed by atoms with Crippen LogP contribution in [0.3, 0.4) is 0 Å². The van der Waals surface area contributed by atoms with Crippen molar-refractivity contribution < 1.29 is 4.74 Å². The van der Waals surface area contributed by atoms with E-state index >= 15 is 0 Å². The summed E-state index contributed by atoms with van der Waals surface area (Å²) in [5.74, 6) is 0. The van der Waals surface area contributed by atoms with Crippen LogP contribution in [0.1, 0.15) is 30.5 Å². The van der Waals surface area contributed by atoms with E-state index in [9.17, 15) is 0 Å². The highest BCUT2D eigenvalue weighted by Crippen LogP contribution is 2.22. The van der Waals surface area contributed by atoms with Gasteiger partial charge in [-0.1, -0.05) is 29.8 Å². The molecule has 1 saturated heterocycles. The molecule has 1 heterocycles. The Labute approximate surface area is 110 Å². The fourth-order valence-corrected chi connectivity index (χ4v) is 2.50. The molecule has 0 aliphatic carbocycles. The molecule has 100 valence electrons. The molecule has 0 aromatic heterocycles. The Hall–Kier alpha value is -0.900. The molecular weight excluding hydrogens is 224 g/mol. The molecule has 3 heteroatoms. The zero-order valence-corrected chi connectivity index (χ0v) is 11.6. The summed E-state index contributed by atoms with van der Waals surface area (Å²) in [4.78, 5) is 2.36. The molecule has 3 nitrogen and oxygen atoms in total. The number of likely N-dealkylation sites (N-methyl/N-ethyl adjacent to an activating group) is 1. The lowest BCUT2D eigenvalue weighted by molar-refractivity contribution is 0.127. The Morgan fingerprint density at radius 1 is 1.33 bits per heavy atom. The van der Waals surface area contributed by atoms with Crippen molar-refractivity contribution >= 4 is 0 Å². The standard InChI is InChI=1S/C15H24N2O/c1-11-4-6-13(7-5-11)15(16)12(2)17(3)14-8-9-18-10-14/h4-7,12,14-15H,8-10,16H2,1-3H3. The molecule has 1 aromatic carbocycles. The van der Waals surface area contributed by atoms with E-state index in [4.69, 9.17) is 10.5 Å². The van der Waals surface area contributed by atoms with E-state index in [-0.39, 0.29) is 6.04 Å². The van der Waals surface area contributed by atoms with E-state index in [1.165, 1.54) is 11.1 Å². The monoisotopic (exact) mass is 248 g/mol. The molecule has 1 fully saturated rings. The van der Waals surface area contributed by atoms with Crippen molar-refractivity contribution in [2.45, 2.75) is 38.4 Å². The lowest BCUT2D eigenvalue weighted by Crippen LogP contribution is -2.44. The zero-order chi connectivity index (χ0) is 13.1. The molecular formula is C15H24N2O. The van der Waals surface area contributed by atoms with Gasteiger partial charge in [0.05, 0.1) is 6.61 Å². The van der Waals surface area contributed by atoms with Crippen molar-refractivity contribution in [2.24, 2.45) is 5.73 Å². The molecule has 2 N–H and O–H groups in total. The van der Waals surface area contributed by atoms with E-state index in [2.05, 4.69) is 50.1 Å². The summed E-state index contributed by atoms with van der Waals surface area (Å²) in [6.45, 7) is 6.01. The quantitative estimate of drug-likeness (QED) is 0.887. The Morgan fingerprint density at radius 2 is 2.00 bits per heavy atom. The first-order chi connectivity index (χ1) is 8.59. The van der Waals surface area contributed by atoms with Crippen LogP contribution in [-0.2, 0) is 4.74 Å². The number of hydrogen-bond donors (Lipinski definition) is 1. The van der Waals surface area contributed by atoms with Crippen LogP contribution < -0.4 is 5.73 Å². The van der Waals surface area contributed by atoms with E-state index in [1.54, 1.807) is 0 Å². The summed E-state index contributed by atoms with van der Waals surface area (Å²) in [6.07, 6.45) is 1.11. The largest absolute Gasteiger partial charge is 0.380 e. The number of nitrogens with two attached hydrogens (primary N) is 1. The molecule has 0 spiro atoms. The molecule has 0 bridgehead atoms. The van der Waals surface area contributed by atoms with Crippen molar-refractivity contribution in [3.05, 3.63) is 35.4 Å². The number of aryl methyl sites for hydroxylation is 1. The lowest BCUT2D eigenvalue weighted by Gasteiger charge is -2.33. The van der Waals surface area contributed by atoms with Gasteiger partial charge in [-0.15, -0.1) is 0 Å². The second-order valence-corrected chi connectivity index (χ2v) is 5.36. The number of rotatable bonds is 4. The molecule has 2 rings (SSSR count). The molecule has 0 saturated carbocycles. The highest BCUT2D eigenvalue weighted by atomic mass is 16.5. The first kappa shape index (κ1) is 13.5. The molecule has 1 aliphatic heterocycles. The normalized spacial score (nSPS) is 23.3. The Bertz CT molecular complexity index is 371. The Morgan fingerprint density at radius 3 is 2.56 bits per heavy atom. The van der Waals surface area contributed by atoms with Gasteiger partial charge < -0.3 is 10.5 Å². The number of hydrogen-bond acceptors (Lipinski definition) is 3. The topological polar surface area (TPSA) is 38.5 Å². The number of benzene rings is 1. The molecule has 3 unspecified atom stereocenters. The van der Waals surface area contributed by atoms with Crippen molar-refractivity contribution in [1.29, 1.82) is 0 Å². The zero-order valence-electron chi connectivity index (χ0n) is 11.6. The third-order valence-electron chi connectivity index (χ3n) is 4.11. The fraction of sp³-hybridized carbons (Fsp3) is 0.600. The average molecular weight is 248 g/mol. The van der Waals surface area contributed by atoms with Gasteiger partial charge in [-0.2, -0.15) is 0 Å². The summed E-state index contributed by atoms with van der Waals surface area (Å²) in [6, 6.07) is 9.40. The molecule has 18 heavy (non-hydrogen) atoms. The maximum Gasteiger partial charge on any atom is 0.0622 e. The first-order valence-corrected chi connectivity index (χ1v) is 6.71. The fourth-order valence-electron chi connectivity index (χ4n) is 2.50. The van der Waals surface area contributed by atoms with Crippen LogP contribution in [0, 0.1) is 6.92 Å². The minimum Gasteiger partial charge on any atom is -0.380 e. The van der Waals surface area contributed by atoms with Crippen LogP contribution in [0.2, 0.25) is 0 Å². The van der Waals surface area contributed by atoms with Crippen molar-refractivity contribution in [2.75, 3.05) is 20.3 Å². The van der Waals surface area contributed by atoms with E-state index in [1.807, 2.05) is 0 Å². The van der Waals surface area contributed by atoms with Gasteiger partial charge in [0.1, 0.15) is 0 Å². The highest BCUT2D eigenvalue weighted by molar-refractivity contribution is 5.24.